The van der Waals surface area contributed by atoms with Gasteiger partial charge < -0.3 is 14.4 Å². The lowest BCUT2D eigenvalue weighted by Crippen LogP contribution is -2.36. The number of nitrogens with zero attached hydrogens (tertiary/aromatic N) is 1. The van der Waals surface area contributed by atoms with Crippen LogP contribution in [0.25, 0.3) is 0 Å². The summed E-state index contributed by atoms with van der Waals surface area (Å²) in [5, 5.41) is 0. The maximum Gasteiger partial charge on any atom is 0.344 e. The Bertz CT molecular complexity index is 539. The molecule has 0 aromatic heterocycles. The monoisotopic (exact) mass is 305 g/mol. The second kappa shape index (κ2) is 8.87. The molecule has 0 fully saturated rings. The molecule has 0 spiro atoms. The van der Waals surface area contributed by atoms with E-state index in [0.717, 1.165) is 11.1 Å². The van der Waals surface area contributed by atoms with E-state index in [2.05, 4.69) is 6.58 Å². The molecule has 0 aliphatic rings. The minimum atomic E-state index is -0.567. The summed E-state index contributed by atoms with van der Waals surface area (Å²) in [4.78, 5) is 25.1. The Morgan fingerprint density at radius 2 is 1.91 bits per heavy atom. The third-order valence-corrected chi connectivity index (χ3v) is 2.99. The van der Waals surface area contributed by atoms with Gasteiger partial charge in [0, 0.05) is 13.1 Å². The van der Waals surface area contributed by atoms with Gasteiger partial charge in [0.2, 0.25) is 0 Å². The standard InChI is InChI=1S/C17H23NO4/c1-5-18(10-13(2)3)16(19)11-22-17(20)12-21-15-9-7-6-8-14(15)4/h6-9H,2,5,10-12H2,1,3-4H3. The predicted molar refractivity (Wildman–Crippen MR) is 84.7 cm³/mol. The summed E-state index contributed by atoms with van der Waals surface area (Å²) in [6.07, 6.45) is 0. The highest BCUT2D eigenvalue weighted by atomic mass is 16.6. The number of benzene rings is 1. The van der Waals surface area contributed by atoms with Gasteiger partial charge in [-0.1, -0.05) is 30.4 Å². The van der Waals surface area contributed by atoms with E-state index in [1.54, 1.807) is 11.0 Å². The van der Waals surface area contributed by atoms with Crippen molar-refractivity contribution in [1.82, 2.24) is 4.90 Å². The van der Waals surface area contributed by atoms with Crippen LogP contribution in [-0.2, 0) is 14.3 Å². The molecule has 0 radical (unpaired) electrons. The quantitative estimate of drug-likeness (QED) is 0.546. The van der Waals surface area contributed by atoms with Gasteiger partial charge in [-0.05, 0) is 32.4 Å². The van der Waals surface area contributed by atoms with Gasteiger partial charge in [0.05, 0.1) is 0 Å². The van der Waals surface area contributed by atoms with Crippen LogP contribution < -0.4 is 4.74 Å². The van der Waals surface area contributed by atoms with Crippen LogP contribution in [0.1, 0.15) is 19.4 Å². The molecule has 1 rings (SSSR count). The summed E-state index contributed by atoms with van der Waals surface area (Å²) >= 11 is 0. The minimum Gasteiger partial charge on any atom is -0.482 e. The SMILES string of the molecule is C=C(C)CN(CC)C(=O)COC(=O)COc1ccccc1C. The fourth-order valence-electron chi connectivity index (χ4n) is 1.83. The fourth-order valence-corrected chi connectivity index (χ4v) is 1.83. The number of likely N-dealkylation sites (N-methyl/N-ethyl adjacent to an activating group) is 1. The van der Waals surface area contributed by atoms with Crippen LogP contribution in [-0.4, -0.2) is 43.1 Å². The number of para-hydroxylation sites is 1. The number of rotatable bonds is 8. The third-order valence-electron chi connectivity index (χ3n) is 2.99. The van der Waals surface area contributed by atoms with Gasteiger partial charge in [0.15, 0.2) is 13.2 Å². The van der Waals surface area contributed by atoms with E-state index in [-0.39, 0.29) is 19.1 Å². The summed E-state index contributed by atoms with van der Waals surface area (Å²) in [5.74, 6) is -0.180. The van der Waals surface area contributed by atoms with Gasteiger partial charge in [0.1, 0.15) is 5.75 Å². The molecule has 0 aliphatic heterocycles. The number of aryl methyl sites for hydroxylation is 1. The Morgan fingerprint density at radius 3 is 2.50 bits per heavy atom. The Hall–Kier alpha value is -2.30. The van der Waals surface area contributed by atoms with Crippen molar-refractivity contribution in [3.05, 3.63) is 42.0 Å². The van der Waals surface area contributed by atoms with Gasteiger partial charge in [0.25, 0.3) is 5.91 Å². The lowest BCUT2D eigenvalue weighted by atomic mass is 10.2. The zero-order valence-electron chi connectivity index (χ0n) is 13.4. The first-order valence-electron chi connectivity index (χ1n) is 7.20. The molecule has 22 heavy (non-hydrogen) atoms. The number of esters is 1. The van der Waals surface area contributed by atoms with E-state index < -0.39 is 5.97 Å². The first-order valence-corrected chi connectivity index (χ1v) is 7.20. The number of carbonyl (C=O) groups is 2. The highest BCUT2D eigenvalue weighted by Gasteiger charge is 2.14. The normalized spacial score (nSPS) is 9.95. The highest BCUT2D eigenvalue weighted by molar-refractivity contribution is 5.81. The Balaban J connectivity index is 2.38. The molecular weight excluding hydrogens is 282 g/mol. The van der Waals surface area contributed by atoms with Crippen LogP contribution in [0.15, 0.2) is 36.4 Å². The Morgan fingerprint density at radius 1 is 1.23 bits per heavy atom. The summed E-state index contributed by atoms with van der Waals surface area (Å²) in [6.45, 7) is 9.88. The van der Waals surface area contributed by atoms with Crippen LogP contribution in [0, 0.1) is 6.92 Å². The molecule has 0 saturated heterocycles. The van der Waals surface area contributed by atoms with Gasteiger partial charge in [-0.25, -0.2) is 4.79 Å². The van der Waals surface area contributed by atoms with E-state index >= 15 is 0 Å². The Labute approximate surface area is 131 Å². The molecule has 0 unspecified atom stereocenters. The lowest BCUT2D eigenvalue weighted by Gasteiger charge is -2.20. The van der Waals surface area contributed by atoms with Gasteiger partial charge >= 0.3 is 5.97 Å². The maximum absolute atomic E-state index is 11.9. The van der Waals surface area contributed by atoms with E-state index in [1.165, 1.54) is 0 Å². The van der Waals surface area contributed by atoms with Gasteiger partial charge in [-0.3, -0.25) is 4.79 Å². The van der Waals surface area contributed by atoms with Crippen molar-refractivity contribution in [1.29, 1.82) is 0 Å². The number of hydrogen-bond donors (Lipinski definition) is 0. The summed E-state index contributed by atoms with van der Waals surface area (Å²) in [7, 11) is 0. The van der Waals surface area contributed by atoms with Crippen molar-refractivity contribution in [2.45, 2.75) is 20.8 Å². The first kappa shape index (κ1) is 17.8. The smallest absolute Gasteiger partial charge is 0.344 e. The van der Waals surface area contributed by atoms with Gasteiger partial charge in [-0.15, -0.1) is 0 Å². The molecule has 1 aromatic rings. The molecular formula is C17H23NO4. The molecule has 0 saturated carbocycles. The van der Waals surface area contributed by atoms with Crippen molar-refractivity contribution in [3.63, 3.8) is 0 Å². The molecule has 0 bridgehead atoms. The summed E-state index contributed by atoms with van der Waals surface area (Å²) in [6, 6.07) is 7.38. The summed E-state index contributed by atoms with van der Waals surface area (Å²) in [5.41, 5.74) is 1.81. The molecule has 0 N–H and O–H groups in total. The number of amides is 1. The fraction of sp³-hybridized carbons (Fsp3) is 0.412. The molecule has 5 heteroatoms. The van der Waals surface area contributed by atoms with Crippen molar-refractivity contribution in [2.24, 2.45) is 0 Å². The maximum atomic E-state index is 11.9. The number of carbonyl (C=O) groups excluding carboxylic acids is 2. The lowest BCUT2D eigenvalue weighted by molar-refractivity contribution is -0.153. The molecule has 0 atom stereocenters. The van der Waals surface area contributed by atoms with Crippen LogP contribution in [0.2, 0.25) is 0 Å². The molecule has 120 valence electrons. The minimum absolute atomic E-state index is 0.218. The molecule has 5 nitrogen and oxygen atoms in total. The van der Waals surface area contributed by atoms with E-state index in [4.69, 9.17) is 9.47 Å². The van der Waals surface area contributed by atoms with Crippen LogP contribution >= 0.6 is 0 Å². The molecule has 1 aromatic carbocycles. The second-order valence-corrected chi connectivity index (χ2v) is 5.08. The zero-order valence-corrected chi connectivity index (χ0v) is 13.4. The van der Waals surface area contributed by atoms with Crippen LogP contribution in [0.3, 0.4) is 0 Å². The van der Waals surface area contributed by atoms with E-state index in [0.29, 0.717) is 18.8 Å². The van der Waals surface area contributed by atoms with Crippen molar-refractivity contribution < 1.29 is 19.1 Å². The second-order valence-electron chi connectivity index (χ2n) is 5.08. The zero-order chi connectivity index (χ0) is 16.5. The highest BCUT2D eigenvalue weighted by Crippen LogP contribution is 2.15. The van der Waals surface area contributed by atoms with Crippen molar-refractivity contribution in [3.8, 4) is 5.75 Å². The molecule has 0 heterocycles. The Kier molecular flexibility index (Phi) is 7.16. The van der Waals surface area contributed by atoms with E-state index in [1.807, 2.05) is 39.0 Å². The largest absolute Gasteiger partial charge is 0.482 e. The number of ether oxygens (including phenoxy) is 2. The predicted octanol–water partition coefficient (Wildman–Crippen LogP) is 2.34. The van der Waals surface area contributed by atoms with Crippen LogP contribution in [0.5, 0.6) is 5.75 Å². The molecule has 0 aliphatic carbocycles. The topological polar surface area (TPSA) is 55.8 Å². The van der Waals surface area contributed by atoms with Crippen molar-refractivity contribution >= 4 is 11.9 Å². The third kappa shape index (κ3) is 5.99. The van der Waals surface area contributed by atoms with Crippen LogP contribution in [0.4, 0.5) is 0 Å². The average Bonchev–Trinajstić information content (AvgIpc) is 2.49. The first-order chi connectivity index (χ1) is 10.4. The van der Waals surface area contributed by atoms with Gasteiger partial charge in [-0.2, -0.15) is 0 Å². The van der Waals surface area contributed by atoms with E-state index in [9.17, 15) is 9.59 Å². The summed E-state index contributed by atoms with van der Waals surface area (Å²) < 4.78 is 10.3. The van der Waals surface area contributed by atoms with Crippen molar-refractivity contribution in [2.75, 3.05) is 26.3 Å². The number of hydrogen-bond acceptors (Lipinski definition) is 4. The average molecular weight is 305 g/mol. The molecule has 1 amide bonds.